The zero-order chi connectivity index (χ0) is 27.4. The number of nitrogens with zero attached hydrogens (tertiary/aromatic N) is 2. The first-order valence-electron chi connectivity index (χ1n) is 12.4. The summed E-state index contributed by atoms with van der Waals surface area (Å²) in [6.07, 6.45) is 3.28. The average Bonchev–Trinajstić information content (AvgIpc) is 3.51. The number of benzene rings is 3. The van der Waals surface area contributed by atoms with Crippen LogP contribution in [-0.2, 0) is 24.5 Å². The molecule has 5 rings (SSSR count). The molecule has 0 saturated heterocycles. The average molecular weight is 565 g/mol. The van der Waals surface area contributed by atoms with Crippen molar-refractivity contribution in [2.24, 2.45) is 5.16 Å². The van der Waals surface area contributed by atoms with Crippen LogP contribution in [0.25, 0.3) is 11.5 Å². The number of allylic oxidation sites excluding steroid dienone is 2. The summed E-state index contributed by atoms with van der Waals surface area (Å²) in [5.74, 6) is 0.332. The number of hydrogen-bond acceptors (Lipinski definition) is 8. The van der Waals surface area contributed by atoms with Crippen LogP contribution < -0.4 is 29.6 Å². The zero-order valence-electron chi connectivity index (χ0n) is 22.1. The maximum atomic E-state index is 12.5. The van der Waals surface area contributed by atoms with E-state index in [9.17, 15) is 17.8 Å². The topological polar surface area (TPSA) is 108 Å². The summed E-state index contributed by atoms with van der Waals surface area (Å²) < 4.78 is 41.4. The fraction of sp³-hybridized carbons (Fsp3) is 0.133. The Hall–Kier alpha value is -3.47. The fourth-order valence-corrected chi connectivity index (χ4v) is 4.69. The third-order valence-electron chi connectivity index (χ3n) is 6.43. The number of oxime groups is 1. The molecule has 0 amide bonds. The van der Waals surface area contributed by atoms with E-state index in [1.165, 1.54) is 6.92 Å². The molecule has 40 heavy (non-hydrogen) atoms. The standard InChI is InChI=1S/C30H26N2O6S.Na/c1-21(39(34,35)36)19-20-32-26(18-17-25-27(31-38-30(25)33)22-11-5-2-6-12-22)37-29(24-15-9-4-10-16-24)28(32)23-13-7-3-8-14-23;/h2-18,21H,19-20H2,1H3,(H,34,35,36);/q;+1/p-1. The summed E-state index contributed by atoms with van der Waals surface area (Å²) in [5.41, 5.74) is 3.74. The van der Waals surface area contributed by atoms with E-state index < -0.39 is 21.3 Å². The Kier molecular flexibility index (Phi) is 9.44. The molecule has 0 aromatic heterocycles. The van der Waals surface area contributed by atoms with Crippen molar-refractivity contribution in [3.05, 3.63) is 131 Å². The molecule has 0 saturated carbocycles. The van der Waals surface area contributed by atoms with E-state index in [1.54, 1.807) is 12.2 Å². The minimum atomic E-state index is -4.47. The van der Waals surface area contributed by atoms with Crippen molar-refractivity contribution < 1.29 is 56.9 Å². The second kappa shape index (κ2) is 12.8. The first-order valence-corrected chi connectivity index (χ1v) is 13.8. The Labute approximate surface area is 255 Å². The van der Waals surface area contributed by atoms with Crippen LogP contribution in [0.2, 0.25) is 0 Å². The smallest absolute Gasteiger partial charge is 0.748 e. The molecule has 0 radical (unpaired) electrons. The molecule has 2 heterocycles. The Balaban J connectivity index is 0.00000370. The van der Waals surface area contributed by atoms with Gasteiger partial charge in [-0.05, 0) is 25.5 Å². The molecule has 198 valence electrons. The molecule has 10 heteroatoms. The summed E-state index contributed by atoms with van der Waals surface area (Å²) in [5, 5.41) is 2.85. The van der Waals surface area contributed by atoms with E-state index in [-0.39, 0.29) is 48.1 Å². The minimum Gasteiger partial charge on any atom is -0.748 e. The van der Waals surface area contributed by atoms with Gasteiger partial charge < -0.3 is 19.0 Å². The SMILES string of the molecule is CC(CCN1C(=CC=C2C(=O)ON=C2c2ccccc2)OC(c2ccccc2)=C1c1ccccc1)S(=O)(=O)[O-].[Na+]. The van der Waals surface area contributed by atoms with E-state index >= 15 is 0 Å². The molecular formula is C30H25N2NaO6S. The molecule has 1 unspecified atom stereocenters. The molecule has 0 aliphatic carbocycles. The first-order chi connectivity index (χ1) is 18.8. The van der Waals surface area contributed by atoms with Crippen LogP contribution in [0.3, 0.4) is 0 Å². The summed E-state index contributed by atoms with van der Waals surface area (Å²) in [6, 6.07) is 28.3. The van der Waals surface area contributed by atoms with Gasteiger partial charge in [-0.3, -0.25) is 0 Å². The van der Waals surface area contributed by atoms with Crippen LogP contribution >= 0.6 is 0 Å². The van der Waals surface area contributed by atoms with Gasteiger partial charge in [0.1, 0.15) is 5.71 Å². The van der Waals surface area contributed by atoms with Crippen LogP contribution in [-0.4, -0.2) is 41.3 Å². The summed E-state index contributed by atoms with van der Waals surface area (Å²) in [7, 11) is -4.47. The molecular weight excluding hydrogens is 539 g/mol. The van der Waals surface area contributed by atoms with Gasteiger partial charge in [0.05, 0.1) is 21.4 Å². The van der Waals surface area contributed by atoms with Crippen LogP contribution in [0.15, 0.2) is 120 Å². The van der Waals surface area contributed by atoms with Gasteiger partial charge in [0.25, 0.3) is 0 Å². The molecule has 0 bridgehead atoms. The van der Waals surface area contributed by atoms with Crippen molar-refractivity contribution >= 4 is 33.3 Å². The third kappa shape index (κ3) is 6.46. The number of rotatable bonds is 8. The van der Waals surface area contributed by atoms with Crippen LogP contribution in [0, 0.1) is 0 Å². The van der Waals surface area contributed by atoms with E-state index in [4.69, 9.17) is 9.57 Å². The Morgan fingerprint density at radius 1 is 0.875 bits per heavy atom. The van der Waals surface area contributed by atoms with Gasteiger partial charge in [0.2, 0.25) is 5.88 Å². The third-order valence-corrected chi connectivity index (χ3v) is 7.65. The molecule has 1 atom stereocenters. The quantitative estimate of drug-likeness (QED) is 0.178. The molecule has 3 aromatic rings. The van der Waals surface area contributed by atoms with Crippen molar-refractivity contribution in [3.63, 3.8) is 0 Å². The van der Waals surface area contributed by atoms with E-state index in [0.29, 0.717) is 23.1 Å². The van der Waals surface area contributed by atoms with Crippen molar-refractivity contribution in [1.82, 2.24) is 4.90 Å². The van der Waals surface area contributed by atoms with Crippen LogP contribution in [0.1, 0.15) is 30.0 Å². The van der Waals surface area contributed by atoms with Gasteiger partial charge in [-0.1, -0.05) is 96.2 Å². The summed E-state index contributed by atoms with van der Waals surface area (Å²) in [4.78, 5) is 19.3. The van der Waals surface area contributed by atoms with E-state index in [1.807, 2.05) is 95.9 Å². The van der Waals surface area contributed by atoms with Gasteiger partial charge in [0.15, 0.2) is 5.76 Å². The summed E-state index contributed by atoms with van der Waals surface area (Å²) in [6.45, 7) is 1.58. The number of hydrogen-bond donors (Lipinski definition) is 0. The van der Waals surface area contributed by atoms with Crippen LogP contribution in [0.5, 0.6) is 0 Å². The molecule has 0 fully saturated rings. The van der Waals surface area contributed by atoms with Gasteiger partial charge in [-0.15, -0.1) is 0 Å². The van der Waals surface area contributed by atoms with Crippen molar-refractivity contribution in [3.8, 4) is 0 Å². The van der Waals surface area contributed by atoms with Gasteiger partial charge in [0, 0.05) is 28.5 Å². The predicted molar refractivity (Wildman–Crippen MR) is 147 cm³/mol. The van der Waals surface area contributed by atoms with E-state index in [0.717, 1.165) is 16.7 Å². The van der Waals surface area contributed by atoms with Gasteiger partial charge in [-0.25, -0.2) is 13.2 Å². The fourth-order valence-electron chi connectivity index (χ4n) is 4.30. The van der Waals surface area contributed by atoms with Crippen LogP contribution in [0.4, 0.5) is 0 Å². The second-order valence-corrected chi connectivity index (χ2v) is 10.8. The van der Waals surface area contributed by atoms with Crippen molar-refractivity contribution in [2.45, 2.75) is 18.6 Å². The zero-order valence-corrected chi connectivity index (χ0v) is 24.9. The maximum Gasteiger partial charge on any atom is 1.00 e. The number of carbonyl (C=O) groups is 1. The molecule has 2 aliphatic heterocycles. The number of carbonyl (C=O) groups excluding carboxylic acids is 1. The Bertz CT molecular complexity index is 1600. The van der Waals surface area contributed by atoms with Gasteiger partial charge in [-0.2, -0.15) is 0 Å². The maximum absolute atomic E-state index is 12.5. The minimum absolute atomic E-state index is 0. The second-order valence-electron chi connectivity index (χ2n) is 9.03. The molecule has 0 spiro atoms. The molecule has 0 N–H and O–H groups in total. The molecule has 2 aliphatic rings. The molecule has 8 nitrogen and oxygen atoms in total. The van der Waals surface area contributed by atoms with E-state index in [2.05, 4.69) is 5.16 Å². The Morgan fingerprint density at radius 3 is 2.00 bits per heavy atom. The van der Waals surface area contributed by atoms with Crippen molar-refractivity contribution in [1.29, 1.82) is 0 Å². The normalized spacial score (nSPS) is 17.9. The summed E-state index contributed by atoms with van der Waals surface area (Å²) >= 11 is 0. The predicted octanol–water partition coefficient (Wildman–Crippen LogP) is 1.90. The monoisotopic (exact) mass is 564 g/mol. The molecule has 3 aromatic carbocycles. The first kappa shape index (κ1) is 29.5. The van der Waals surface area contributed by atoms with Crippen molar-refractivity contribution in [2.75, 3.05) is 6.54 Å². The Morgan fingerprint density at radius 2 is 1.43 bits per heavy atom. The van der Waals surface area contributed by atoms with Gasteiger partial charge >= 0.3 is 35.5 Å². The largest absolute Gasteiger partial charge is 1.00 e. The number of ether oxygens (including phenoxy) is 1.